The third-order valence-electron chi connectivity index (χ3n) is 4.69. The number of benzene rings is 3. The fourth-order valence-electron chi connectivity index (χ4n) is 3.13. The average molecular weight is 475 g/mol. The largest absolute Gasteiger partial charge is 1.00 e. The van der Waals surface area contributed by atoms with E-state index in [4.69, 9.17) is 18.9 Å². The van der Waals surface area contributed by atoms with Gasteiger partial charge in [-0.15, -0.1) is 0 Å². The molecule has 1 N–H and O–H groups in total. The molecule has 0 radical (unpaired) electrons. The summed E-state index contributed by atoms with van der Waals surface area (Å²) in [6.45, 7) is 4.70. The Hall–Kier alpha value is -2.51. The molecule has 0 amide bonds. The molecular weight excluding hydrogens is 443 g/mol. The number of ether oxygens (including phenoxy) is 4. The van der Waals surface area contributed by atoms with E-state index in [2.05, 4.69) is 0 Å². The molecule has 0 fully saturated rings. The molecule has 0 saturated carbocycles. The summed E-state index contributed by atoms with van der Waals surface area (Å²) in [4.78, 5) is 11.3. The zero-order valence-electron chi connectivity index (χ0n) is 21.0. The molecule has 0 heterocycles. The Balaban J connectivity index is 0.00000306. The molecule has 3 aromatic rings. The van der Waals surface area contributed by atoms with Crippen LogP contribution in [0.3, 0.4) is 0 Å². The van der Waals surface area contributed by atoms with Gasteiger partial charge in [-0.25, -0.2) is 4.79 Å². The van der Waals surface area contributed by atoms with Gasteiger partial charge in [0, 0.05) is 12.8 Å². The van der Waals surface area contributed by atoms with Crippen LogP contribution in [0.25, 0.3) is 0 Å². The SMILES string of the molecule is CC(C)O[C@@H](Cc1ccc(OCCCOc2ccc(Oc3ccccc3)cc2)cc1)C(=O)O.[H-].[Na+]. The molecule has 0 aliphatic heterocycles. The Bertz CT molecular complexity index is 981. The van der Waals surface area contributed by atoms with Crippen molar-refractivity contribution in [2.45, 2.75) is 38.9 Å². The summed E-state index contributed by atoms with van der Waals surface area (Å²) in [6, 6.07) is 24.6. The summed E-state index contributed by atoms with van der Waals surface area (Å²) in [7, 11) is 0. The molecule has 0 unspecified atom stereocenters. The summed E-state index contributed by atoms with van der Waals surface area (Å²) in [5.74, 6) is 2.10. The molecule has 3 aromatic carbocycles. The average Bonchev–Trinajstić information content (AvgIpc) is 2.81. The van der Waals surface area contributed by atoms with Gasteiger partial charge in [-0.1, -0.05) is 30.3 Å². The van der Waals surface area contributed by atoms with Crippen LogP contribution in [0.1, 0.15) is 27.3 Å². The van der Waals surface area contributed by atoms with Crippen LogP contribution in [0.4, 0.5) is 0 Å². The first-order valence-electron chi connectivity index (χ1n) is 11.1. The predicted molar refractivity (Wildman–Crippen MR) is 127 cm³/mol. The van der Waals surface area contributed by atoms with Gasteiger partial charge in [-0.05, 0) is 67.9 Å². The maximum absolute atomic E-state index is 11.3. The van der Waals surface area contributed by atoms with Crippen molar-refractivity contribution in [1.82, 2.24) is 0 Å². The molecule has 34 heavy (non-hydrogen) atoms. The van der Waals surface area contributed by atoms with Crippen molar-refractivity contribution in [1.29, 1.82) is 0 Å². The van der Waals surface area contributed by atoms with Crippen LogP contribution in [0.15, 0.2) is 78.9 Å². The minimum Gasteiger partial charge on any atom is -1.00 e. The smallest absolute Gasteiger partial charge is 1.00 e. The maximum Gasteiger partial charge on any atom is 1.00 e. The molecule has 0 bridgehead atoms. The first kappa shape index (κ1) is 27.7. The van der Waals surface area contributed by atoms with Crippen molar-refractivity contribution >= 4 is 5.97 Å². The van der Waals surface area contributed by atoms with E-state index >= 15 is 0 Å². The third kappa shape index (κ3) is 9.77. The summed E-state index contributed by atoms with van der Waals surface area (Å²) in [5, 5.41) is 9.29. The fraction of sp³-hybridized carbons (Fsp3) is 0.296. The molecule has 6 nitrogen and oxygen atoms in total. The number of carboxylic acids is 1. The number of carbonyl (C=O) groups is 1. The van der Waals surface area contributed by atoms with E-state index in [0.717, 1.165) is 35.0 Å². The Morgan fingerprint density at radius 2 is 1.29 bits per heavy atom. The second kappa shape index (κ2) is 14.7. The number of aliphatic carboxylic acids is 1. The molecule has 0 saturated heterocycles. The molecule has 7 heteroatoms. The van der Waals surface area contributed by atoms with Gasteiger partial charge < -0.3 is 25.5 Å². The van der Waals surface area contributed by atoms with Crippen molar-refractivity contribution in [2.24, 2.45) is 0 Å². The van der Waals surface area contributed by atoms with Crippen LogP contribution >= 0.6 is 0 Å². The quantitative estimate of drug-likeness (QED) is 0.303. The fourth-order valence-corrected chi connectivity index (χ4v) is 3.13. The van der Waals surface area contributed by atoms with Gasteiger partial charge in [0.15, 0.2) is 6.10 Å². The van der Waals surface area contributed by atoms with Crippen molar-refractivity contribution in [3.63, 3.8) is 0 Å². The number of para-hydroxylation sites is 1. The van der Waals surface area contributed by atoms with Crippen LogP contribution < -0.4 is 43.8 Å². The van der Waals surface area contributed by atoms with Crippen LogP contribution in [-0.2, 0) is 16.0 Å². The molecule has 176 valence electrons. The number of hydrogen-bond donors (Lipinski definition) is 1. The Kier molecular flexibility index (Phi) is 12.0. The first-order chi connectivity index (χ1) is 16.0. The zero-order chi connectivity index (χ0) is 23.5. The molecular formula is C27H31NaO6. The second-order valence-electron chi connectivity index (χ2n) is 7.80. The van der Waals surface area contributed by atoms with E-state index in [1.165, 1.54) is 0 Å². The van der Waals surface area contributed by atoms with E-state index in [-0.39, 0.29) is 37.1 Å². The van der Waals surface area contributed by atoms with Gasteiger partial charge in [0.25, 0.3) is 0 Å². The second-order valence-corrected chi connectivity index (χ2v) is 7.80. The molecule has 0 spiro atoms. The topological polar surface area (TPSA) is 74.2 Å². The Morgan fingerprint density at radius 1 is 0.794 bits per heavy atom. The number of carboxylic acid groups (broad SMARTS) is 1. The zero-order valence-corrected chi connectivity index (χ0v) is 22.0. The van der Waals surface area contributed by atoms with Crippen molar-refractivity contribution in [3.05, 3.63) is 84.4 Å². The Labute approximate surface area is 224 Å². The predicted octanol–water partition coefficient (Wildman–Crippen LogP) is 2.86. The molecule has 0 aliphatic rings. The number of hydrogen-bond acceptors (Lipinski definition) is 5. The van der Waals surface area contributed by atoms with Gasteiger partial charge in [0.05, 0.1) is 19.3 Å². The monoisotopic (exact) mass is 474 g/mol. The Morgan fingerprint density at radius 3 is 1.82 bits per heavy atom. The van der Waals surface area contributed by atoms with Crippen molar-refractivity contribution < 1.29 is 59.8 Å². The van der Waals surface area contributed by atoms with Crippen LogP contribution in [0.2, 0.25) is 0 Å². The molecule has 0 aromatic heterocycles. The third-order valence-corrected chi connectivity index (χ3v) is 4.69. The van der Waals surface area contributed by atoms with E-state index in [0.29, 0.717) is 19.6 Å². The molecule has 1 atom stereocenters. The summed E-state index contributed by atoms with van der Waals surface area (Å²) in [5.41, 5.74) is 0.887. The van der Waals surface area contributed by atoms with Crippen LogP contribution in [0.5, 0.6) is 23.0 Å². The first-order valence-corrected chi connectivity index (χ1v) is 11.1. The molecule has 3 rings (SSSR count). The van der Waals surface area contributed by atoms with Gasteiger partial charge in [-0.3, -0.25) is 0 Å². The standard InChI is InChI=1S/C27H30O6.Na.H/c1-20(2)32-26(27(28)29)19-21-9-11-22(12-10-21)30-17-6-18-31-23-13-15-25(16-14-23)33-24-7-4-3-5-8-24;;/h3-5,7-16,20,26H,6,17-19H2,1-2H3,(H,28,29);;/q;+1;-1/t26-;;/m0../s1. The minimum absolute atomic E-state index is 0. The van der Waals surface area contributed by atoms with Crippen LogP contribution in [-0.4, -0.2) is 36.5 Å². The van der Waals surface area contributed by atoms with E-state index in [9.17, 15) is 9.90 Å². The summed E-state index contributed by atoms with van der Waals surface area (Å²) in [6.07, 6.45) is 0.0498. The van der Waals surface area contributed by atoms with E-state index < -0.39 is 12.1 Å². The minimum atomic E-state index is -0.956. The summed E-state index contributed by atoms with van der Waals surface area (Å²) >= 11 is 0. The van der Waals surface area contributed by atoms with Gasteiger partial charge in [0.1, 0.15) is 23.0 Å². The maximum atomic E-state index is 11.3. The number of rotatable bonds is 13. The van der Waals surface area contributed by atoms with Crippen molar-refractivity contribution in [3.8, 4) is 23.0 Å². The molecule has 0 aliphatic carbocycles. The van der Waals surface area contributed by atoms with E-state index in [1.807, 2.05) is 92.7 Å². The van der Waals surface area contributed by atoms with Crippen LogP contribution in [0, 0.1) is 0 Å². The normalized spacial score (nSPS) is 11.4. The van der Waals surface area contributed by atoms with Gasteiger partial charge in [-0.2, -0.15) is 0 Å². The summed E-state index contributed by atoms with van der Waals surface area (Å²) < 4.78 is 22.7. The van der Waals surface area contributed by atoms with Gasteiger partial charge in [0.2, 0.25) is 0 Å². The van der Waals surface area contributed by atoms with Gasteiger partial charge >= 0.3 is 35.5 Å². The van der Waals surface area contributed by atoms with Crippen molar-refractivity contribution in [2.75, 3.05) is 13.2 Å². The van der Waals surface area contributed by atoms with E-state index in [1.54, 1.807) is 0 Å².